The fourth-order valence-corrected chi connectivity index (χ4v) is 2.87. The first kappa shape index (κ1) is 22.2. The van der Waals surface area contributed by atoms with Crippen LogP contribution in [0.2, 0.25) is 0 Å². The van der Waals surface area contributed by atoms with Gasteiger partial charge >= 0.3 is 0 Å². The lowest BCUT2D eigenvalue weighted by Crippen LogP contribution is -2.52. The third-order valence-corrected chi connectivity index (χ3v) is 4.23. The Hall–Kier alpha value is 1.24. The smallest absolute Gasteiger partial charge is 0.0689 e. The molecule has 0 aliphatic rings. The monoisotopic (exact) mass is 376 g/mol. The van der Waals surface area contributed by atoms with E-state index in [0.29, 0.717) is 49.1 Å². The first-order valence-electron chi connectivity index (χ1n) is 7.04. The highest BCUT2D eigenvalue weighted by Crippen LogP contribution is 2.32. The van der Waals surface area contributed by atoms with Crippen molar-refractivity contribution in [1.29, 1.82) is 0 Å². The summed E-state index contributed by atoms with van der Waals surface area (Å²) in [6.45, 7) is 1.34. The van der Waals surface area contributed by atoms with Crippen molar-refractivity contribution in [3.8, 4) is 0 Å². The molecule has 8 heteroatoms. The van der Waals surface area contributed by atoms with Crippen molar-refractivity contribution in [2.45, 2.75) is 25.0 Å². The molecule has 2 unspecified atom stereocenters. The second-order valence-electron chi connectivity index (χ2n) is 4.84. The molecule has 0 bridgehead atoms. The standard InChI is InChI=1S/C13H28O4S4/c14-11(1-5-18)13(9-16-3-7-20,10-17-4-8-21)12(15)2-6-19/h11-12,14-15,18-21H,1-10H2. The Kier molecular flexibility index (Phi) is 14.5. The van der Waals surface area contributed by atoms with Gasteiger partial charge in [-0.3, -0.25) is 0 Å². The zero-order valence-corrected chi connectivity index (χ0v) is 15.8. The normalized spacial score (nSPS) is 15.1. The van der Waals surface area contributed by atoms with E-state index >= 15 is 0 Å². The van der Waals surface area contributed by atoms with Crippen LogP contribution in [0, 0.1) is 5.41 Å². The number of hydrogen-bond donors (Lipinski definition) is 6. The average molecular weight is 377 g/mol. The van der Waals surface area contributed by atoms with Gasteiger partial charge in [0, 0.05) is 11.5 Å². The van der Waals surface area contributed by atoms with Crippen LogP contribution >= 0.6 is 50.5 Å². The van der Waals surface area contributed by atoms with Gasteiger partial charge in [0.1, 0.15) is 0 Å². The molecule has 0 saturated carbocycles. The van der Waals surface area contributed by atoms with Crippen LogP contribution in [0.25, 0.3) is 0 Å². The maximum atomic E-state index is 10.5. The maximum absolute atomic E-state index is 10.5. The number of rotatable bonds is 14. The van der Waals surface area contributed by atoms with Gasteiger partial charge in [-0.1, -0.05) is 0 Å². The maximum Gasteiger partial charge on any atom is 0.0689 e. The lowest BCUT2D eigenvalue weighted by molar-refractivity contribution is -0.147. The fraction of sp³-hybridized carbons (Fsp3) is 1.00. The summed E-state index contributed by atoms with van der Waals surface area (Å²) in [5.74, 6) is 2.21. The summed E-state index contributed by atoms with van der Waals surface area (Å²) in [5, 5.41) is 21.0. The molecule has 21 heavy (non-hydrogen) atoms. The molecule has 0 aromatic heterocycles. The predicted molar refractivity (Wildman–Crippen MR) is 101 cm³/mol. The minimum Gasteiger partial charge on any atom is -0.392 e. The van der Waals surface area contributed by atoms with Gasteiger partial charge in [-0.05, 0) is 24.3 Å². The van der Waals surface area contributed by atoms with Gasteiger partial charge in [0.05, 0.1) is 44.1 Å². The van der Waals surface area contributed by atoms with E-state index in [1.807, 2.05) is 0 Å². The highest BCUT2D eigenvalue weighted by molar-refractivity contribution is 7.80. The van der Waals surface area contributed by atoms with Gasteiger partial charge in [0.25, 0.3) is 0 Å². The predicted octanol–water partition coefficient (Wildman–Crippen LogP) is 1.23. The van der Waals surface area contributed by atoms with E-state index in [2.05, 4.69) is 50.5 Å². The van der Waals surface area contributed by atoms with E-state index < -0.39 is 17.6 Å². The summed E-state index contributed by atoms with van der Waals surface area (Å²) >= 11 is 16.5. The molecule has 0 fully saturated rings. The molecule has 0 aliphatic heterocycles. The van der Waals surface area contributed by atoms with Crippen LogP contribution in [0.1, 0.15) is 12.8 Å². The first-order valence-corrected chi connectivity index (χ1v) is 9.57. The van der Waals surface area contributed by atoms with Gasteiger partial charge in [0.2, 0.25) is 0 Å². The Morgan fingerprint density at radius 2 is 1.10 bits per heavy atom. The molecule has 0 amide bonds. The van der Waals surface area contributed by atoms with E-state index in [9.17, 15) is 10.2 Å². The number of ether oxygens (including phenoxy) is 2. The quantitative estimate of drug-likeness (QED) is 0.204. The molecule has 0 heterocycles. The van der Waals surface area contributed by atoms with Gasteiger partial charge in [-0.2, -0.15) is 50.5 Å². The Labute approximate surface area is 150 Å². The third-order valence-electron chi connectivity index (χ3n) is 3.35. The molecule has 2 atom stereocenters. The Balaban J connectivity index is 5.04. The Morgan fingerprint density at radius 3 is 1.38 bits per heavy atom. The van der Waals surface area contributed by atoms with Crippen molar-refractivity contribution in [2.75, 3.05) is 49.4 Å². The van der Waals surface area contributed by atoms with Crippen LogP contribution in [-0.4, -0.2) is 71.9 Å². The molecule has 0 aromatic carbocycles. The summed E-state index contributed by atoms with van der Waals surface area (Å²) in [4.78, 5) is 0. The van der Waals surface area contributed by atoms with Crippen LogP contribution in [0.3, 0.4) is 0 Å². The topological polar surface area (TPSA) is 58.9 Å². The lowest BCUT2D eigenvalue weighted by Gasteiger charge is -2.41. The third kappa shape index (κ3) is 8.06. The SMILES string of the molecule is OC(CCS)C(COCCS)(COCCS)C(O)CCS. The number of aliphatic hydroxyl groups is 2. The Morgan fingerprint density at radius 1 is 0.714 bits per heavy atom. The van der Waals surface area contributed by atoms with Gasteiger partial charge < -0.3 is 19.7 Å². The molecule has 0 saturated heterocycles. The van der Waals surface area contributed by atoms with Crippen LogP contribution in [-0.2, 0) is 9.47 Å². The van der Waals surface area contributed by atoms with Crippen molar-refractivity contribution in [1.82, 2.24) is 0 Å². The zero-order valence-electron chi connectivity index (χ0n) is 12.2. The van der Waals surface area contributed by atoms with Crippen LogP contribution in [0.4, 0.5) is 0 Å². The van der Waals surface area contributed by atoms with Crippen LogP contribution in [0.15, 0.2) is 0 Å². The van der Waals surface area contributed by atoms with Gasteiger partial charge in [0.15, 0.2) is 0 Å². The number of hydrogen-bond acceptors (Lipinski definition) is 8. The highest BCUT2D eigenvalue weighted by Gasteiger charge is 2.44. The fourth-order valence-electron chi connectivity index (χ4n) is 2.12. The molecule has 128 valence electrons. The van der Waals surface area contributed by atoms with Crippen molar-refractivity contribution < 1.29 is 19.7 Å². The van der Waals surface area contributed by atoms with Crippen molar-refractivity contribution >= 4 is 50.5 Å². The molecule has 4 nitrogen and oxygen atoms in total. The zero-order chi connectivity index (χ0) is 16.1. The molecule has 0 aliphatic carbocycles. The van der Waals surface area contributed by atoms with Crippen molar-refractivity contribution in [2.24, 2.45) is 5.41 Å². The highest BCUT2D eigenvalue weighted by atomic mass is 32.1. The average Bonchev–Trinajstić information content (AvgIpc) is 2.46. The van der Waals surface area contributed by atoms with E-state index in [1.54, 1.807) is 0 Å². The minimum absolute atomic E-state index is 0.212. The van der Waals surface area contributed by atoms with E-state index in [0.717, 1.165) is 0 Å². The van der Waals surface area contributed by atoms with E-state index in [4.69, 9.17) is 9.47 Å². The molecule has 0 aromatic rings. The van der Waals surface area contributed by atoms with Crippen LogP contribution in [0.5, 0.6) is 0 Å². The molecule has 0 spiro atoms. The molecular formula is C13H28O4S4. The minimum atomic E-state index is -0.878. The summed E-state index contributed by atoms with van der Waals surface area (Å²) in [5.41, 5.74) is -0.878. The molecule has 2 N–H and O–H groups in total. The Bertz CT molecular complexity index is 222. The van der Waals surface area contributed by atoms with E-state index in [1.165, 1.54) is 0 Å². The van der Waals surface area contributed by atoms with Crippen molar-refractivity contribution in [3.05, 3.63) is 0 Å². The van der Waals surface area contributed by atoms with Crippen molar-refractivity contribution in [3.63, 3.8) is 0 Å². The van der Waals surface area contributed by atoms with Gasteiger partial charge in [-0.15, -0.1) is 0 Å². The number of thiol groups is 4. The first-order chi connectivity index (χ1) is 10.1. The van der Waals surface area contributed by atoms with Crippen LogP contribution < -0.4 is 0 Å². The summed E-state index contributed by atoms with van der Waals surface area (Å²) in [7, 11) is 0. The van der Waals surface area contributed by atoms with E-state index in [-0.39, 0.29) is 13.2 Å². The molecule has 0 rings (SSSR count). The summed E-state index contributed by atoms with van der Waals surface area (Å²) in [6.07, 6.45) is -0.600. The molecule has 0 radical (unpaired) electrons. The number of aliphatic hydroxyl groups excluding tert-OH is 2. The molecular weight excluding hydrogens is 348 g/mol. The summed E-state index contributed by atoms with van der Waals surface area (Å²) < 4.78 is 11.1. The lowest BCUT2D eigenvalue weighted by atomic mass is 9.76. The summed E-state index contributed by atoms with van der Waals surface area (Å²) in [6, 6.07) is 0. The van der Waals surface area contributed by atoms with Gasteiger partial charge in [-0.25, -0.2) is 0 Å². The largest absolute Gasteiger partial charge is 0.392 e. The second-order valence-corrected chi connectivity index (χ2v) is 6.63. The second kappa shape index (κ2) is 13.7.